The Morgan fingerprint density at radius 1 is 1.21 bits per heavy atom. The average molecular weight is 401 g/mol. The maximum absolute atomic E-state index is 12.7. The smallest absolute Gasteiger partial charge is 0.299 e. The minimum atomic E-state index is -0.444. The summed E-state index contributed by atoms with van der Waals surface area (Å²) in [6.45, 7) is 4.07. The summed E-state index contributed by atoms with van der Waals surface area (Å²) in [5, 5.41) is 4.80. The molecule has 0 amide bonds. The summed E-state index contributed by atoms with van der Waals surface area (Å²) in [5.74, 6) is 0.339. The van der Waals surface area contributed by atoms with Crippen LogP contribution < -0.4 is 16.7 Å². The van der Waals surface area contributed by atoms with Gasteiger partial charge in [-0.25, -0.2) is 10.2 Å². The number of nitrogens with zero attached hydrogens (tertiary/aromatic N) is 5. The van der Waals surface area contributed by atoms with Crippen molar-refractivity contribution in [2.45, 2.75) is 20.4 Å². The summed E-state index contributed by atoms with van der Waals surface area (Å²) in [5.41, 5.74) is 4.65. The van der Waals surface area contributed by atoms with Crippen LogP contribution in [0.5, 0.6) is 0 Å². The van der Waals surface area contributed by atoms with Crippen molar-refractivity contribution in [3.05, 3.63) is 67.3 Å². The second-order valence-corrected chi connectivity index (χ2v) is 7.09. The Morgan fingerprint density at radius 2 is 1.89 bits per heavy atom. The first-order valence-electron chi connectivity index (χ1n) is 8.64. The zero-order valence-electron chi connectivity index (χ0n) is 16.1. The first-order valence-corrected chi connectivity index (χ1v) is 9.01. The second kappa shape index (κ2) is 7.85. The molecule has 0 saturated carbocycles. The van der Waals surface area contributed by atoms with Crippen molar-refractivity contribution in [2.75, 3.05) is 5.43 Å². The van der Waals surface area contributed by atoms with Crippen molar-refractivity contribution in [3.63, 3.8) is 0 Å². The molecule has 0 spiro atoms. The molecule has 3 aromatic rings. The third kappa shape index (κ3) is 3.77. The molecular weight excluding hydrogens is 380 g/mol. The minimum absolute atomic E-state index is 0.279. The summed E-state index contributed by atoms with van der Waals surface area (Å²) in [6, 6.07) is 7.87. The molecule has 0 aliphatic heterocycles. The van der Waals surface area contributed by atoms with E-state index in [0.29, 0.717) is 23.0 Å². The van der Waals surface area contributed by atoms with E-state index in [9.17, 15) is 9.59 Å². The van der Waals surface area contributed by atoms with Crippen molar-refractivity contribution in [3.8, 4) is 0 Å². The van der Waals surface area contributed by atoms with Crippen LogP contribution in [0, 0.1) is 6.92 Å². The fourth-order valence-corrected chi connectivity index (χ4v) is 2.81. The van der Waals surface area contributed by atoms with E-state index in [4.69, 9.17) is 11.6 Å². The van der Waals surface area contributed by atoms with Crippen LogP contribution in [0.1, 0.15) is 18.1 Å². The number of hydrogen-bond donors (Lipinski definition) is 1. The lowest BCUT2D eigenvalue weighted by Crippen LogP contribution is -2.37. The van der Waals surface area contributed by atoms with Crippen LogP contribution in [0.3, 0.4) is 0 Å². The van der Waals surface area contributed by atoms with Gasteiger partial charge in [-0.1, -0.05) is 47.5 Å². The van der Waals surface area contributed by atoms with Gasteiger partial charge in [0.05, 0.1) is 6.21 Å². The van der Waals surface area contributed by atoms with Gasteiger partial charge in [0.25, 0.3) is 5.56 Å². The molecule has 1 N–H and O–H groups in total. The second-order valence-electron chi connectivity index (χ2n) is 6.50. The van der Waals surface area contributed by atoms with Gasteiger partial charge in [-0.2, -0.15) is 10.1 Å². The highest BCUT2D eigenvalue weighted by molar-refractivity contribution is 6.29. The predicted octanol–water partition coefficient (Wildman–Crippen LogP) is 2.33. The zero-order valence-corrected chi connectivity index (χ0v) is 16.9. The highest BCUT2D eigenvalue weighted by atomic mass is 35.5. The normalized spacial score (nSPS) is 12.2. The van der Waals surface area contributed by atoms with Crippen LogP contribution in [0.4, 0.5) is 5.95 Å². The molecule has 0 radical (unpaired) electrons. The third-order valence-electron chi connectivity index (χ3n) is 4.36. The number of rotatable bonds is 5. The van der Waals surface area contributed by atoms with Crippen LogP contribution in [0.2, 0.25) is 0 Å². The molecule has 0 aliphatic carbocycles. The maximum atomic E-state index is 12.7. The number of aromatic nitrogens is 4. The molecule has 0 unspecified atom stereocenters. The molecule has 0 atom stereocenters. The number of anilines is 1. The quantitative estimate of drug-likeness (QED) is 0.526. The summed E-state index contributed by atoms with van der Waals surface area (Å²) in [6.07, 6.45) is 3.41. The van der Waals surface area contributed by atoms with Gasteiger partial charge in [0.1, 0.15) is 0 Å². The Kier molecular flexibility index (Phi) is 5.51. The van der Waals surface area contributed by atoms with E-state index in [1.54, 1.807) is 30.8 Å². The van der Waals surface area contributed by atoms with Gasteiger partial charge >= 0.3 is 5.69 Å². The fraction of sp³-hybridized carbons (Fsp3) is 0.263. The van der Waals surface area contributed by atoms with Gasteiger partial charge in [0.2, 0.25) is 5.95 Å². The predicted molar refractivity (Wildman–Crippen MR) is 112 cm³/mol. The van der Waals surface area contributed by atoms with Crippen molar-refractivity contribution in [2.24, 2.45) is 19.2 Å². The summed E-state index contributed by atoms with van der Waals surface area (Å²) >= 11 is 5.96. The number of hydrazone groups is 1. The van der Waals surface area contributed by atoms with Crippen LogP contribution in [0.15, 0.2) is 50.1 Å². The van der Waals surface area contributed by atoms with Crippen molar-refractivity contribution in [1.82, 2.24) is 18.7 Å². The van der Waals surface area contributed by atoms with Crippen LogP contribution >= 0.6 is 11.6 Å². The molecule has 0 fully saturated rings. The average Bonchev–Trinajstić information content (AvgIpc) is 3.03. The van der Waals surface area contributed by atoms with E-state index in [1.807, 2.05) is 31.2 Å². The zero-order chi connectivity index (χ0) is 20.4. The van der Waals surface area contributed by atoms with Crippen molar-refractivity contribution >= 4 is 34.9 Å². The lowest BCUT2D eigenvalue weighted by atomic mass is 10.2. The summed E-state index contributed by atoms with van der Waals surface area (Å²) in [4.78, 5) is 29.3. The van der Waals surface area contributed by atoms with Gasteiger partial charge in [-0.15, -0.1) is 0 Å². The molecule has 28 heavy (non-hydrogen) atoms. The Balaban J connectivity index is 2.08. The highest BCUT2D eigenvalue weighted by Gasteiger charge is 2.18. The minimum Gasteiger partial charge on any atom is -0.299 e. The number of benzene rings is 1. The van der Waals surface area contributed by atoms with Gasteiger partial charge in [-0.05, 0) is 19.4 Å². The Labute approximate surface area is 166 Å². The monoisotopic (exact) mass is 400 g/mol. The lowest BCUT2D eigenvalue weighted by Gasteiger charge is -2.07. The molecule has 1 aromatic carbocycles. The third-order valence-corrected chi connectivity index (χ3v) is 4.51. The van der Waals surface area contributed by atoms with E-state index < -0.39 is 11.2 Å². The van der Waals surface area contributed by atoms with E-state index >= 15 is 0 Å². The Bertz CT molecular complexity index is 1190. The molecule has 0 bridgehead atoms. The topological polar surface area (TPSA) is 86.2 Å². The molecule has 9 heteroatoms. The van der Waals surface area contributed by atoms with E-state index in [0.717, 1.165) is 15.7 Å². The van der Waals surface area contributed by atoms with Crippen LogP contribution in [-0.4, -0.2) is 24.9 Å². The number of halogens is 1. The molecule has 8 nitrogen and oxygen atoms in total. The van der Waals surface area contributed by atoms with Crippen LogP contribution in [-0.2, 0) is 20.6 Å². The fourth-order valence-electron chi connectivity index (χ4n) is 2.74. The Hall–Kier alpha value is -3.13. The molecule has 146 valence electrons. The number of imidazole rings is 1. The Morgan fingerprint density at radius 3 is 2.54 bits per heavy atom. The molecular formula is C19H21ClN6O2. The number of nitrogens with one attached hydrogen (secondary N) is 1. The van der Waals surface area contributed by atoms with E-state index in [-0.39, 0.29) is 5.65 Å². The SMILES string of the molecule is CC(Cl)=CCn1c(NN=Cc2ccc(C)cc2)nc2c1c(=O)n(C)c(=O)n2C. The van der Waals surface area contributed by atoms with Crippen molar-refractivity contribution < 1.29 is 0 Å². The summed E-state index contributed by atoms with van der Waals surface area (Å²) in [7, 11) is 3.01. The highest BCUT2D eigenvalue weighted by Crippen LogP contribution is 2.16. The lowest BCUT2D eigenvalue weighted by molar-refractivity contribution is 0.703. The molecule has 0 saturated heterocycles. The van der Waals surface area contributed by atoms with Gasteiger partial charge < -0.3 is 0 Å². The van der Waals surface area contributed by atoms with Gasteiger partial charge in [0, 0.05) is 25.7 Å². The molecule has 2 heterocycles. The van der Waals surface area contributed by atoms with Gasteiger partial charge in [-0.3, -0.25) is 18.5 Å². The first kappa shape index (κ1) is 19.6. The number of aryl methyl sites for hydroxylation is 2. The number of hydrogen-bond acceptors (Lipinski definition) is 5. The number of fused-ring (bicyclic) bond motifs is 1. The van der Waals surface area contributed by atoms with Crippen molar-refractivity contribution in [1.29, 1.82) is 0 Å². The van der Waals surface area contributed by atoms with E-state index in [2.05, 4.69) is 15.5 Å². The summed E-state index contributed by atoms with van der Waals surface area (Å²) < 4.78 is 4.03. The largest absolute Gasteiger partial charge is 0.332 e. The maximum Gasteiger partial charge on any atom is 0.332 e. The molecule has 3 rings (SSSR count). The van der Waals surface area contributed by atoms with E-state index in [1.165, 1.54) is 11.6 Å². The van der Waals surface area contributed by atoms with Gasteiger partial charge in [0.15, 0.2) is 11.2 Å². The standard InChI is InChI=1S/C19H21ClN6O2/c1-12-5-7-14(8-6-12)11-21-23-18-22-16-15(26(18)10-9-13(2)20)17(27)25(4)19(28)24(16)3/h5-9,11H,10H2,1-4H3,(H,22,23). The van der Waals surface area contributed by atoms with Crippen LogP contribution in [0.25, 0.3) is 11.2 Å². The molecule has 0 aliphatic rings. The number of allylic oxidation sites excluding steroid dienone is 2. The molecule has 2 aromatic heterocycles. The first-order chi connectivity index (χ1) is 13.3.